The van der Waals surface area contributed by atoms with Gasteiger partial charge in [0.05, 0.1) is 6.04 Å². The second kappa shape index (κ2) is 10.0. The van der Waals surface area contributed by atoms with E-state index in [0.29, 0.717) is 18.7 Å². The van der Waals surface area contributed by atoms with Crippen LogP contribution < -0.4 is 11.1 Å². The first-order valence-corrected chi connectivity index (χ1v) is 9.92. The van der Waals surface area contributed by atoms with Crippen molar-refractivity contribution in [3.8, 4) is 0 Å². The number of pyridine rings is 1. The highest BCUT2D eigenvalue weighted by atomic mass is 16.2. The summed E-state index contributed by atoms with van der Waals surface area (Å²) in [5.41, 5.74) is 9.01. The number of nitrogens with zero attached hydrogens (tertiary/aromatic N) is 4. The number of carbonyl (C=O) groups is 2. The summed E-state index contributed by atoms with van der Waals surface area (Å²) >= 11 is 0. The van der Waals surface area contributed by atoms with E-state index < -0.39 is 0 Å². The van der Waals surface area contributed by atoms with Gasteiger partial charge in [0.2, 0.25) is 5.91 Å². The molecule has 0 aliphatic carbocycles. The summed E-state index contributed by atoms with van der Waals surface area (Å²) in [7, 11) is 1.75. The Morgan fingerprint density at radius 3 is 2.48 bits per heavy atom. The van der Waals surface area contributed by atoms with Gasteiger partial charge in [-0.15, -0.1) is 0 Å². The van der Waals surface area contributed by atoms with E-state index in [-0.39, 0.29) is 17.7 Å². The van der Waals surface area contributed by atoms with Crippen LogP contribution in [0.2, 0.25) is 0 Å². The number of amides is 1. The van der Waals surface area contributed by atoms with E-state index in [2.05, 4.69) is 20.2 Å². The van der Waals surface area contributed by atoms with Crippen LogP contribution >= 0.6 is 0 Å². The minimum Gasteiger partial charge on any atom is -0.404 e. The third-order valence-corrected chi connectivity index (χ3v) is 5.25. The molecule has 1 aromatic heterocycles. The third kappa shape index (κ3) is 5.56. The van der Waals surface area contributed by atoms with Crippen LogP contribution in [0.25, 0.3) is 5.57 Å². The maximum atomic E-state index is 11.8. The van der Waals surface area contributed by atoms with Gasteiger partial charge in [0.15, 0.2) is 11.7 Å². The molecule has 1 unspecified atom stereocenters. The molecule has 0 aromatic carbocycles. The predicted octanol–water partition coefficient (Wildman–Crippen LogP) is 1.41. The molecule has 0 radical (unpaired) electrons. The monoisotopic (exact) mass is 400 g/mol. The number of Topliss-reactive ketones (excluding diaryl/α,β-unsaturated/α-hetero) is 1. The molecule has 3 N–H and O–H groups in total. The molecule has 0 saturated carbocycles. The Hall–Kier alpha value is -2.90. The van der Waals surface area contributed by atoms with Crippen LogP contribution in [0, 0.1) is 6.92 Å². The van der Waals surface area contributed by atoms with Gasteiger partial charge in [-0.1, -0.05) is 0 Å². The average molecular weight is 401 g/mol. The number of hydrogen-bond donors (Lipinski definition) is 2. The van der Waals surface area contributed by atoms with Crippen molar-refractivity contribution < 1.29 is 9.59 Å². The van der Waals surface area contributed by atoms with Crippen LogP contribution in [0.5, 0.6) is 0 Å². The second-order valence-electron chi connectivity index (χ2n) is 7.30. The largest absolute Gasteiger partial charge is 0.404 e. The first-order chi connectivity index (χ1) is 13.8. The maximum absolute atomic E-state index is 11.8. The van der Waals surface area contributed by atoms with E-state index in [1.807, 2.05) is 24.8 Å². The summed E-state index contributed by atoms with van der Waals surface area (Å²) in [6.07, 6.45) is 4.03. The first-order valence-electron chi connectivity index (χ1n) is 9.92. The van der Waals surface area contributed by atoms with Gasteiger partial charge in [-0.3, -0.25) is 19.6 Å². The van der Waals surface area contributed by atoms with Crippen molar-refractivity contribution in [1.82, 2.24) is 20.1 Å². The van der Waals surface area contributed by atoms with E-state index in [4.69, 9.17) is 5.73 Å². The molecule has 158 valence electrons. The zero-order valence-electron chi connectivity index (χ0n) is 18.0. The molecule has 1 fully saturated rings. The SMILES string of the molecule is CN=C(NC(C)/C(=C/N)c1cc(C(C)=O)cnc1C)N1CCCN(C(C)=O)CC1. The van der Waals surface area contributed by atoms with Gasteiger partial charge in [-0.05, 0) is 45.0 Å². The van der Waals surface area contributed by atoms with Crippen LogP contribution in [0.3, 0.4) is 0 Å². The molecule has 8 heteroatoms. The predicted molar refractivity (Wildman–Crippen MR) is 116 cm³/mol. The number of rotatable bonds is 4. The Bertz CT molecular complexity index is 817. The Morgan fingerprint density at radius 2 is 1.90 bits per heavy atom. The molecule has 1 amide bonds. The lowest BCUT2D eigenvalue weighted by atomic mass is 9.97. The number of hydrogen-bond acceptors (Lipinski definition) is 5. The van der Waals surface area contributed by atoms with Crippen LogP contribution in [0.1, 0.15) is 48.8 Å². The van der Waals surface area contributed by atoms with Crippen molar-refractivity contribution in [3.63, 3.8) is 0 Å². The molecule has 1 aliphatic heterocycles. The maximum Gasteiger partial charge on any atom is 0.219 e. The minimum atomic E-state index is -0.145. The van der Waals surface area contributed by atoms with Crippen molar-refractivity contribution in [2.24, 2.45) is 10.7 Å². The number of aromatic nitrogens is 1. The normalized spacial score (nSPS) is 17.0. The summed E-state index contributed by atoms with van der Waals surface area (Å²) in [5, 5.41) is 3.45. The van der Waals surface area contributed by atoms with Crippen LogP contribution in [-0.2, 0) is 4.79 Å². The van der Waals surface area contributed by atoms with E-state index in [0.717, 1.165) is 42.3 Å². The third-order valence-electron chi connectivity index (χ3n) is 5.25. The van der Waals surface area contributed by atoms with E-state index >= 15 is 0 Å². The van der Waals surface area contributed by atoms with Crippen molar-refractivity contribution in [2.45, 2.75) is 40.2 Å². The van der Waals surface area contributed by atoms with Crippen molar-refractivity contribution in [2.75, 3.05) is 33.2 Å². The van der Waals surface area contributed by atoms with Gasteiger partial charge in [0.1, 0.15) is 0 Å². The van der Waals surface area contributed by atoms with Crippen LogP contribution in [0.4, 0.5) is 0 Å². The Kier molecular flexibility index (Phi) is 7.75. The van der Waals surface area contributed by atoms with Gasteiger partial charge in [0, 0.05) is 63.2 Å². The van der Waals surface area contributed by atoms with E-state index in [1.54, 1.807) is 26.4 Å². The molecule has 0 spiro atoms. The molecule has 8 nitrogen and oxygen atoms in total. The number of guanidine groups is 1. The molecular formula is C21H32N6O2. The summed E-state index contributed by atoms with van der Waals surface area (Å²) < 4.78 is 0. The lowest BCUT2D eigenvalue weighted by molar-refractivity contribution is -0.128. The van der Waals surface area contributed by atoms with Gasteiger partial charge in [-0.25, -0.2) is 0 Å². The van der Waals surface area contributed by atoms with Gasteiger partial charge in [-0.2, -0.15) is 0 Å². The summed E-state index contributed by atoms with van der Waals surface area (Å²) in [6.45, 7) is 10.00. The number of carbonyl (C=O) groups excluding carboxylic acids is 2. The topological polar surface area (TPSA) is 104 Å². The number of aryl methyl sites for hydroxylation is 1. The molecular weight excluding hydrogens is 368 g/mol. The minimum absolute atomic E-state index is 0.0360. The zero-order valence-corrected chi connectivity index (χ0v) is 18.0. The van der Waals surface area contributed by atoms with Crippen LogP contribution in [-0.4, -0.2) is 71.7 Å². The molecule has 29 heavy (non-hydrogen) atoms. The van der Waals surface area contributed by atoms with Gasteiger partial charge in [0.25, 0.3) is 0 Å². The van der Waals surface area contributed by atoms with Crippen molar-refractivity contribution in [1.29, 1.82) is 0 Å². The fourth-order valence-electron chi connectivity index (χ4n) is 3.50. The molecule has 2 rings (SSSR count). The lowest BCUT2D eigenvalue weighted by Crippen LogP contribution is -2.47. The smallest absolute Gasteiger partial charge is 0.219 e. The molecule has 1 atom stereocenters. The highest BCUT2D eigenvalue weighted by Gasteiger charge is 2.22. The molecule has 1 saturated heterocycles. The Labute approximate surface area is 172 Å². The van der Waals surface area contributed by atoms with Gasteiger partial charge >= 0.3 is 0 Å². The number of aliphatic imine (C=N–C) groups is 1. The Morgan fingerprint density at radius 1 is 1.24 bits per heavy atom. The highest BCUT2D eigenvalue weighted by molar-refractivity contribution is 5.95. The quantitative estimate of drug-likeness (QED) is 0.450. The van der Waals surface area contributed by atoms with Gasteiger partial charge < -0.3 is 20.9 Å². The first kappa shape index (κ1) is 22.4. The molecule has 1 aromatic rings. The second-order valence-corrected chi connectivity index (χ2v) is 7.30. The van der Waals surface area contributed by atoms with E-state index in [1.165, 1.54) is 6.92 Å². The highest BCUT2D eigenvalue weighted by Crippen LogP contribution is 2.22. The fraction of sp³-hybridized carbons (Fsp3) is 0.524. The summed E-state index contributed by atoms with van der Waals surface area (Å²) in [6, 6.07) is 1.69. The standard InChI is InChI=1S/C21H32N6O2/c1-14-19(11-18(13-24-14)16(3)28)20(12-22)15(2)25-21(23-5)27-8-6-7-26(9-10-27)17(4)29/h11-13,15H,6-10,22H2,1-5H3,(H,23,25)/b20-12-. The number of ketones is 1. The molecule has 1 aliphatic rings. The fourth-order valence-corrected chi connectivity index (χ4v) is 3.50. The zero-order chi connectivity index (χ0) is 21.6. The van der Waals surface area contributed by atoms with Crippen molar-refractivity contribution >= 4 is 23.2 Å². The molecule has 0 bridgehead atoms. The summed E-state index contributed by atoms with van der Waals surface area (Å²) in [4.78, 5) is 36.3. The number of nitrogens with two attached hydrogens (primary N) is 1. The Balaban J connectivity index is 2.18. The summed E-state index contributed by atoms with van der Waals surface area (Å²) in [5.74, 6) is 0.826. The number of nitrogens with one attached hydrogen (secondary N) is 1. The average Bonchev–Trinajstić information content (AvgIpc) is 2.94. The van der Waals surface area contributed by atoms with Crippen LogP contribution in [0.15, 0.2) is 23.5 Å². The van der Waals surface area contributed by atoms with Crippen molar-refractivity contribution in [3.05, 3.63) is 35.3 Å². The van der Waals surface area contributed by atoms with E-state index in [9.17, 15) is 9.59 Å². The molecule has 2 heterocycles. The lowest BCUT2D eigenvalue weighted by Gasteiger charge is -2.29.